The van der Waals surface area contributed by atoms with E-state index in [1.165, 1.54) is 32.1 Å². The van der Waals surface area contributed by atoms with E-state index >= 15 is 0 Å². The zero-order valence-electron chi connectivity index (χ0n) is 12.3. The summed E-state index contributed by atoms with van der Waals surface area (Å²) < 4.78 is 7.66. The molecule has 1 saturated carbocycles. The molecule has 3 heterocycles. The lowest BCUT2D eigenvalue weighted by Crippen LogP contribution is -2.23. The first-order valence-electron chi connectivity index (χ1n) is 7.80. The van der Waals surface area contributed by atoms with Gasteiger partial charge in [0.1, 0.15) is 17.2 Å². The fourth-order valence-electron chi connectivity index (χ4n) is 3.19. The minimum absolute atomic E-state index is 0.385. The number of furan rings is 1. The second kappa shape index (κ2) is 5.69. The highest BCUT2D eigenvalue weighted by Gasteiger charge is 2.21. The topological polar surface area (TPSA) is 42.5 Å². The number of rotatable bonds is 3. The Morgan fingerprint density at radius 1 is 1.14 bits per heavy atom. The van der Waals surface area contributed by atoms with Crippen molar-refractivity contribution in [2.75, 3.05) is 5.32 Å². The Balaban J connectivity index is 1.79. The molecule has 0 aromatic carbocycles. The second-order valence-electron chi connectivity index (χ2n) is 5.82. The Morgan fingerprint density at radius 2 is 2.00 bits per heavy atom. The number of imidazole rings is 1. The number of nitrogens with zero attached hydrogens (tertiary/aromatic N) is 2. The van der Waals surface area contributed by atoms with E-state index in [4.69, 9.17) is 21.0 Å². The molecule has 4 nitrogen and oxygen atoms in total. The molecule has 1 aliphatic carbocycles. The van der Waals surface area contributed by atoms with Crippen LogP contribution in [0.4, 0.5) is 5.82 Å². The molecule has 0 spiro atoms. The van der Waals surface area contributed by atoms with Gasteiger partial charge in [0.15, 0.2) is 11.0 Å². The zero-order valence-corrected chi connectivity index (χ0v) is 13.0. The lowest BCUT2D eigenvalue weighted by molar-refractivity contribution is 0.461. The maximum atomic E-state index is 5.93. The third kappa shape index (κ3) is 2.48. The van der Waals surface area contributed by atoms with E-state index in [2.05, 4.69) is 9.72 Å². The van der Waals surface area contributed by atoms with E-state index in [1.54, 1.807) is 6.07 Å². The van der Waals surface area contributed by atoms with Crippen LogP contribution in [0, 0.1) is 0 Å². The van der Waals surface area contributed by atoms with Crippen molar-refractivity contribution in [3.8, 4) is 11.5 Å². The molecular formula is C17H18ClN3O. The molecule has 0 aliphatic heterocycles. The maximum absolute atomic E-state index is 5.93. The van der Waals surface area contributed by atoms with Gasteiger partial charge in [0.25, 0.3) is 0 Å². The van der Waals surface area contributed by atoms with E-state index in [0.717, 1.165) is 17.2 Å². The minimum Gasteiger partial charge on any atom is -0.443 e. The molecule has 1 fully saturated rings. The summed E-state index contributed by atoms with van der Waals surface area (Å²) in [5.41, 5.74) is 1.73. The van der Waals surface area contributed by atoms with Crippen LogP contribution in [-0.4, -0.2) is 15.4 Å². The summed E-state index contributed by atoms with van der Waals surface area (Å²) in [7, 11) is 0. The fourth-order valence-corrected chi connectivity index (χ4v) is 3.33. The average Bonchev–Trinajstić information content (AvgIpc) is 3.13. The van der Waals surface area contributed by atoms with E-state index in [1.807, 2.05) is 30.5 Å². The third-order valence-corrected chi connectivity index (χ3v) is 4.49. The van der Waals surface area contributed by atoms with Gasteiger partial charge >= 0.3 is 0 Å². The molecule has 0 radical (unpaired) electrons. The smallest absolute Gasteiger partial charge is 0.194 e. The summed E-state index contributed by atoms with van der Waals surface area (Å²) in [6.07, 6.45) is 8.36. The molecule has 0 unspecified atom stereocenters. The Bertz CT molecular complexity index is 786. The van der Waals surface area contributed by atoms with E-state index in [0.29, 0.717) is 17.0 Å². The van der Waals surface area contributed by atoms with Gasteiger partial charge in [0.05, 0.1) is 0 Å². The number of hydrogen-bond donors (Lipinski definition) is 1. The maximum Gasteiger partial charge on any atom is 0.194 e. The van der Waals surface area contributed by atoms with Crippen molar-refractivity contribution >= 4 is 23.1 Å². The monoisotopic (exact) mass is 315 g/mol. The van der Waals surface area contributed by atoms with Crippen LogP contribution in [0.3, 0.4) is 0 Å². The lowest BCUT2D eigenvalue weighted by atomic mass is 9.95. The molecule has 22 heavy (non-hydrogen) atoms. The van der Waals surface area contributed by atoms with Crippen LogP contribution in [0.25, 0.3) is 17.1 Å². The number of anilines is 1. The van der Waals surface area contributed by atoms with Crippen LogP contribution in [0.15, 0.2) is 40.9 Å². The SMILES string of the molecule is Clc1ccc(-c2nc3ccccn3c2NC2CCCCC2)o1. The first kappa shape index (κ1) is 13.7. The van der Waals surface area contributed by atoms with E-state index in [9.17, 15) is 0 Å². The first-order valence-corrected chi connectivity index (χ1v) is 8.18. The van der Waals surface area contributed by atoms with Gasteiger partial charge in [0, 0.05) is 12.2 Å². The van der Waals surface area contributed by atoms with Gasteiger partial charge in [-0.1, -0.05) is 25.3 Å². The summed E-state index contributed by atoms with van der Waals surface area (Å²) in [4.78, 5) is 4.71. The van der Waals surface area contributed by atoms with Gasteiger partial charge in [-0.15, -0.1) is 0 Å². The zero-order chi connectivity index (χ0) is 14.9. The summed E-state index contributed by atoms with van der Waals surface area (Å²) >= 11 is 5.93. The molecule has 4 rings (SSSR count). The van der Waals surface area contributed by atoms with Gasteiger partial charge in [-0.05, 0) is 48.7 Å². The van der Waals surface area contributed by atoms with Crippen LogP contribution in [0.1, 0.15) is 32.1 Å². The minimum atomic E-state index is 0.385. The lowest BCUT2D eigenvalue weighted by Gasteiger charge is -2.23. The fraction of sp³-hybridized carbons (Fsp3) is 0.353. The molecular weight excluding hydrogens is 298 g/mol. The number of hydrogen-bond acceptors (Lipinski definition) is 3. The Kier molecular flexibility index (Phi) is 3.54. The molecule has 0 amide bonds. The number of aromatic nitrogens is 2. The van der Waals surface area contributed by atoms with Crippen LogP contribution < -0.4 is 5.32 Å². The van der Waals surface area contributed by atoms with Gasteiger partial charge in [-0.25, -0.2) is 4.98 Å². The van der Waals surface area contributed by atoms with Gasteiger partial charge in [-0.2, -0.15) is 0 Å². The van der Waals surface area contributed by atoms with Crippen molar-refractivity contribution in [2.24, 2.45) is 0 Å². The second-order valence-corrected chi connectivity index (χ2v) is 6.19. The van der Waals surface area contributed by atoms with Crippen LogP contribution >= 0.6 is 11.6 Å². The third-order valence-electron chi connectivity index (χ3n) is 4.28. The molecule has 1 aliphatic rings. The molecule has 0 saturated heterocycles. The van der Waals surface area contributed by atoms with Crippen molar-refractivity contribution < 1.29 is 4.42 Å². The quantitative estimate of drug-likeness (QED) is 0.740. The Labute approximate surface area is 134 Å². The van der Waals surface area contributed by atoms with Crippen LogP contribution in [0.5, 0.6) is 0 Å². The van der Waals surface area contributed by atoms with Crippen molar-refractivity contribution in [3.63, 3.8) is 0 Å². The highest BCUT2D eigenvalue weighted by molar-refractivity contribution is 6.29. The first-order chi connectivity index (χ1) is 10.8. The Morgan fingerprint density at radius 3 is 2.77 bits per heavy atom. The van der Waals surface area contributed by atoms with Crippen molar-refractivity contribution in [3.05, 3.63) is 41.7 Å². The Hall–Kier alpha value is -1.94. The predicted molar refractivity (Wildman–Crippen MR) is 88.4 cm³/mol. The van der Waals surface area contributed by atoms with Gasteiger partial charge in [-0.3, -0.25) is 4.40 Å². The summed E-state index contributed by atoms with van der Waals surface area (Å²) in [6.45, 7) is 0. The predicted octanol–water partition coefficient (Wildman–Crippen LogP) is 4.99. The molecule has 1 N–H and O–H groups in total. The van der Waals surface area contributed by atoms with Crippen molar-refractivity contribution in [1.82, 2.24) is 9.38 Å². The highest BCUT2D eigenvalue weighted by Crippen LogP contribution is 2.33. The molecule has 3 aromatic heterocycles. The van der Waals surface area contributed by atoms with Gasteiger partial charge in [0.2, 0.25) is 0 Å². The molecule has 5 heteroatoms. The largest absolute Gasteiger partial charge is 0.443 e. The normalized spacial score (nSPS) is 16.2. The standard InChI is InChI=1S/C17H18ClN3O/c18-14-10-9-13(22-14)16-17(19-12-6-2-1-3-7-12)21-11-5-4-8-15(21)20-16/h4-5,8-12,19H,1-3,6-7H2. The van der Waals surface area contributed by atoms with Crippen LogP contribution in [-0.2, 0) is 0 Å². The van der Waals surface area contributed by atoms with Crippen molar-refractivity contribution in [2.45, 2.75) is 38.1 Å². The molecule has 0 bridgehead atoms. The number of fused-ring (bicyclic) bond motifs is 1. The summed E-state index contributed by atoms with van der Waals surface area (Å²) in [5, 5.41) is 4.06. The number of nitrogens with one attached hydrogen (secondary N) is 1. The summed E-state index contributed by atoms with van der Waals surface area (Å²) in [6, 6.07) is 10.1. The molecule has 3 aromatic rings. The number of halogens is 1. The number of pyridine rings is 1. The van der Waals surface area contributed by atoms with Crippen molar-refractivity contribution in [1.29, 1.82) is 0 Å². The molecule has 0 atom stereocenters. The molecule has 114 valence electrons. The van der Waals surface area contributed by atoms with E-state index < -0.39 is 0 Å². The van der Waals surface area contributed by atoms with E-state index in [-0.39, 0.29) is 0 Å². The van der Waals surface area contributed by atoms with Gasteiger partial charge < -0.3 is 9.73 Å². The average molecular weight is 316 g/mol. The highest BCUT2D eigenvalue weighted by atomic mass is 35.5. The summed E-state index contributed by atoms with van der Waals surface area (Å²) in [5.74, 6) is 1.69. The van der Waals surface area contributed by atoms with Crippen LogP contribution in [0.2, 0.25) is 5.22 Å².